The molecular weight excluding hydrogens is 238 g/mol. The molecule has 4 nitrogen and oxygen atoms in total. The van der Waals surface area contributed by atoms with E-state index in [0.29, 0.717) is 12.5 Å². The number of nitrogens with zero attached hydrogens (tertiary/aromatic N) is 1. The molecule has 0 radical (unpaired) electrons. The van der Waals surface area contributed by atoms with Gasteiger partial charge < -0.3 is 15.8 Å². The van der Waals surface area contributed by atoms with Gasteiger partial charge in [0.05, 0.1) is 18.0 Å². The number of rotatable bonds is 6. The Hall–Kier alpha value is -1.81. The summed E-state index contributed by atoms with van der Waals surface area (Å²) in [4.78, 5) is 4.09. The van der Waals surface area contributed by atoms with Crippen LogP contribution in [0.4, 0.5) is 11.4 Å². The number of ether oxygens (including phenoxy) is 1. The number of aromatic nitrogens is 1. The zero-order valence-electron chi connectivity index (χ0n) is 11.5. The highest BCUT2D eigenvalue weighted by Gasteiger charge is 2.03. The average Bonchev–Trinajstić information content (AvgIpc) is 2.41. The molecule has 0 spiro atoms. The van der Waals surface area contributed by atoms with Crippen LogP contribution in [0.25, 0.3) is 10.8 Å². The van der Waals surface area contributed by atoms with Gasteiger partial charge in [0.15, 0.2) is 0 Å². The predicted octanol–water partition coefficient (Wildman–Crippen LogP) is 2.90. The number of nitrogens with one attached hydrogen (secondary N) is 1. The summed E-state index contributed by atoms with van der Waals surface area (Å²) in [6.45, 7) is 6.52. The lowest BCUT2D eigenvalue weighted by atomic mass is 10.1. The first kappa shape index (κ1) is 13.6. The minimum atomic E-state index is 0.568. The van der Waals surface area contributed by atoms with Gasteiger partial charge in [-0.25, -0.2) is 0 Å². The fourth-order valence-electron chi connectivity index (χ4n) is 1.92. The van der Waals surface area contributed by atoms with E-state index in [-0.39, 0.29) is 0 Å². The highest BCUT2D eigenvalue weighted by Crippen LogP contribution is 2.27. The van der Waals surface area contributed by atoms with Crippen molar-refractivity contribution in [2.24, 2.45) is 5.92 Å². The minimum absolute atomic E-state index is 0.568. The number of anilines is 2. The maximum atomic E-state index is 6.15. The van der Waals surface area contributed by atoms with E-state index in [1.807, 2.05) is 24.4 Å². The molecule has 1 aromatic heterocycles. The Kier molecular flexibility index (Phi) is 4.58. The van der Waals surface area contributed by atoms with Crippen molar-refractivity contribution in [3.05, 3.63) is 30.6 Å². The van der Waals surface area contributed by atoms with Crippen LogP contribution < -0.4 is 11.1 Å². The van der Waals surface area contributed by atoms with Crippen LogP contribution >= 0.6 is 0 Å². The molecule has 1 aromatic carbocycles. The van der Waals surface area contributed by atoms with Crippen LogP contribution in [0, 0.1) is 5.92 Å². The Bertz CT molecular complexity index is 540. The maximum absolute atomic E-state index is 6.15. The predicted molar refractivity (Wildman–Crippen MR) is 80.3 cm³/mol. The minimum Gasteiger partial charge on any atom is -0.397 e. The lowest BCUT2D eigenvalue weighted by Gasteiger charge is -2.12. The van der Waals surface area contributed by atoms with Crippen molar-refractivity contribution in [2.75, 3.05) is 30.8 Å². The molecular formula is C15H21N3O. The summed E-state index contributed by atoms with van der Waals surface area (Å²) in [6.07, 6.45) is 3.58. The van der Waals surface area contributed by atoms with E-state index < -0.39 is 0 Å². The zero-order chi connectivity index (χ0) is 13.7. The second-order valence-electron chi connectivity index (χ2n) is 5.02. The molecule has 2 aromatic rings. The van der Waals surface area contributed by atoms with Gasteiger partial charge >= 0.3 is 0 Å². The molecule has 1 heterocycles. The quantitative estimate of drug-likeness (QED) is 0.618. The van der Waals surface area contributed by atoms with Crippen LogP contribution in [-0.4, -0.2) is 24.7 Å². The van der Waals surface area contributed by atoms with E-state index >= 15 is 0 Å². The molecule has 19 heavy (non-hydrogen) atoms. The molecule has 4 heteroatoms. The lowest BCUT2D eigenvalue weighted by Crippen LogP contribution is -2.13. The van der Waals surface area contributed by atoms with Crippen LogP contribution in [-0.2, 0) is 4.74 Å². The van der Waals surface area contributed by atoms with Crippen LogP contribution in [0.2, 0.25) is 0 Å². The SMILES string of the molecule is CC(C)COCCNc1ccc2cnccc2c1N. The van der Waals surface area contributed by atoms with Crippen molar-refractivity contribution in [2.45, 2.75) is 13.8 Å². The number of nitrogens with two attached hydrogens (primary N) is 1. The smallest absolute Gasteiger partial charge is 0.0639 e. The number of nitrogen functional groups attached to an aromatic ring is 1. The summed E-state index contributed by atoms with van der Waals surface area (Å²) in [5.74, 6) is 0.568. The standard InChI is InChI=1S/C15H21N3O/c1-11(2)10-19-8-7-18-14-4-3-12-9-17-6-5-13(12)15(14)16/h3-6,9,11,18H,7-8,10,16H2,1-2H3. The molecule has 0 unspecified atom stereocenters. The van der Waals surface area contributed by atoms with Gasteiger partial charge in [-0.1, -0.05) is 19.9 Å². The molecule has 0 amide bonds. The molecule has 0 fully saturated rings. The Morgan fingerprint density at radius 3 is 2.95 bits per heavy atom. The second-order valence-corrected chi connectivity index (χ2v) is 5.02. The normalized spacial score (nSPS) is 11.1. The summed E-state index contributed by atoms with van der Waals surface area (Å²) in [7, 11) is 0. The van der Waals surface area contributed by atoms with Gasteiger partial charge in [-0.15, -0.1) is 0 Å². The second kappa shape index (κ2) is 6.38. The van der Waals surface area contributed by atoms with Crippen LogP contribution in [0.1, 0.15) is 13.8 Å². The molecule has 0 saturated heterocycles. The van der Waals surface area contributed by atoms with Crippen molar-refractivity contribution in [1.82, 2.24) is 4.98 Å². The number of fused-ring (bicyclic) bond motifs is 1. The third-order valence-corrected chi connectivity index (χ3v) is 2.87. The molecule has 0 aliphatic heterocycles. The van der Waals surface area contributed by atoms with Gasteiger partial charge in [0.2, 0.25) is 0 Å². The van der Waals surface area contributed by atoms with E-state index in [9.17, 15) is 0 Å². The summed E-state index contributed by atoms with van der Waals surface area (Å²) in [5.41, 5.74) is 7.87. The van der Waals surface area contributed by atoms with Crippen molar-refractivity contribution < 1.29 is 4.74 Å². The van der Waals surface area contributed by atoms with Gasteiger partial charge in [0.1, 0.15) is 0 Å². The Morgan fingerprint density at radius 1 is 1.32 bits per heavy atom. The number of pyridine rings is 1. The Labute approximate surface area is 114 Å². The lowest BCUT2D eigenvalue weighted by molar-refractivity contribution is 0.118. The monoisotopic (exact) mass is 259 g/mol. The van der Waals surface area contributed by atoms with E-state index in [4.69, 9.17) is 10.5 Å². The molecule has 2 rings (SSSR count). The van der Waals surface area contributed by atoms with Crippen molar-refractivity contribution in [1.29, 1.82) is 0 Å². The van der Waals surface area contributed by atoms with E-state index in [2.05, 4.69) is 24.1 Å². The summed E-state index contributed by atoms with van der Waals surface area (Å²) in [6, 6.07) is 5.95. The largest absolute Gasteiger partial charge is 0.397 e. The Morgan fingerprint density at radius 2 is 2.16 bits per heavy atom. The Balaban J connectivity index is 1.96. The molecule has 0 saturated carbocycles. The van der Waals surface area contributed by atoms with Gasteiger partial charge in [-0.05, 0) is 18.1 Å². The van der Waals surface area contributed by atoms with Crippen molar-refractivity contribution >= 4 is 22.1 Å². The number of hydrogen-bond donors (Lipinski definition) is 2. The van der Waals surface area contributed by atoms with E-state index in [1.54, 1.807) is 6.20 Å². The molecule has 0 bridgehead atoms. The van der Waals surface area contributed by atoms with Gasteiger partial charge in [-0.3, -0.25) is 4.98 Å². The van der Waals surface area contributed by atoms with Gasteiger partial charge in [-0.2, -0.15) is 0 Å². The molecule has 3 N–H and O–H groups in total. The fourth-order valence-corrected chi connectivity index (χ4v) is 1.92. The zero-order valence-corrected chi connectivity index (χ0v) is 11.5. The highest BCUT2D eigenvalue weighted by molar-refractivity contribution is 5.98. The van der Waals surface area contributed by atoms with Crippen LogP contribution in [0.3, 0.4) is 0 Å². The molecule has 0 aliphatic carbocycles. The van der Waals surface area contributed by atoms with Crippen molar-refractivity contribution in [3.63, 3.8) is 0 Å². The maximum Gasteiger partial charge on any atom is 0.0639 e. The highest BCUT2D eigenvalue weighted by atomic mass is 16.5. The first-order chi connectivity index (χ1) is 9.18. The molecule has 0 aliphatic rings. The van der Waals surface area contributed by atoms with Gasteiger partial charge in [0, 0.05) is 36.3 Å². The van der Waals surface area contributed by atoms with Crippen molar-refractivity contribution in [3.8, 4) is 0 Å². The number of benzene rings is 1. The van der Waals surface area contributed by atoms with E-state index in [1.165, 1.54) is 0 Å². The average molecular weight is 259 g/mol. The van der Waals surface area contributed by atoms with Crippen LogP contribution in [0.5, 0.6) is 0 Å². The topological polar surface area (TPSA) is 60.2 Å². The van der Waals surface area contributed by atoms with Gasteiger partial charge in [0.25, 0.3) is 0 Å². The third-order valence-electron chi connectivity index (χ3n) is 2.87. The first-order valence-electron chi connectivity index (χ1n) is 6.62. The molecule has 0 atom stereocenters. The third kappa shape index (κ3) is 3.58. The van der Waals surface area contributed by atoms with E-state index in [0.717, 1.165) is 35.3 Å². The fraction of sp³-hybridized carbons (Fsp3) is 0.400. The van der Waals surface area contributed by atoms with Crippen LogP contribution in [0.15, 0.2) is 30.6 Å². The molecule has 102 valence electrons. The number of hydrogen-bond acceptors (Lipinski definition) is 4. The summed E-state index contributed by atoms with van der Waals surface area (Å²) in [5, 5.41) is 5.40. The summed E-state index contributed by atoms with van der Waals surface area (Å²) >= 11 is 0. The summed E-state index contributed by atoms with van der Waals surface area (Å²) < 4.78 is 5.53. The first-order valence-corrected chi connectivity index (χ1v) is 6.62.